The molecule has 4 N–H and O–H groups in total. The highest BCUT2D eigenvalue weighted by molar-refractivity contribution is 8.00. The zero-order chi connectivity index (χ0) is 23.1. The smallest absolute Gasteiger partial charge is 0.335 e. The number of hydrogen-bond acceptors (Lipinski definition) is 4. The van der Waals surface area contributed by atoms with Gasteiger partial charge in [0.2, 0.25) is 5.91 Å². The third-order valence-electron chi connectivity index (χ3n) is 4.57. The fourth-order valence-electron chi connectivity index (χ4n) is 2.81. The Balaban J connectivity index is 1.55. The number of anilines is 3. The number of nitrogens with one attached hydrogen (secondary N) is 3. The van der Waals surface area contributed by atoms with Gasteiger partial charge in [0.1, 0.15) is 0 Å². The van der Waals surface area contributed by atoms with Gasteiger partial charge in [-0.1, -0.05) is 24.3 Å². The molecule has 3 aromatic carbocycles. The van der Waals surface area contributed by atoms with Crippen molar-refractivity contribution in [1.82, 2.24) is 0 Å². The maximum absolute atomic E-state index is 12.6. The molecule has 0 spiro atoms. The lowest BCUT2D eigenvalue weighted by Gasteiger charge is -2.15. The minimum Gasteiger partial charge on any atom is -0.478 e. The van der Waals surface area contributed by atoms with E-state index in [1.807, 2.05) is 61.5 Å². The fraction of sp³-hybridized carbons (Fsp3) is 0.125. The van der Waals surface area contributed by atoms with Gasteiger partial charge in [-0.25, -0.2) is 4.79 Å². The summed E-state index contributed by atoms with van der Waals surface area (Å²) >= 11 is 6.75. The molecule has 6 nitrogen and oxygen atoms in total. The van der Waals surface area contributed by atoms with Crippen molar-refractivity contribution in [2.24, 2.45) is 0 Å². The predicted molar refractivity (Wildman–Crippen MR) is 135 cm³/mol. The number of benzene rings is 3. The van der Waals surface area contributed by atoms with E-state index in [1.165, 1.54) is 23.9 Å². The standard InChI is InChI=1S/C24H23N3O3S2/c1-15-8-9-17(23(29)30)14-21(15)27-22(28)16(2)32-20-12-10-19(11-13-20)26-24(31)25-18-6-4-3-5-7-18/h3-14,16H,1-2H3,(H,27,28)(H,29,30)(H2,25,26,31). The summed E-state index contributed by atoms with van der Waals surface area (Å²) in [5.41, 5.74) is 3.17. The van der Waals surface area contributed by atoms with Gasteiger partial charge in [0.25, 0.3) is 0 Å². The Kier molecular flexibility index (Phi) is 7.86. The zero-order valence-electron chi connectivity index (χ0n) is 17.6. The third kappa shape index (κ3) is 6.57. The van der Waals surface area contributed by atoms with Crippen LogP contribution in [0.15, 0.2) is 77.7 Å². The molecule has 0 aromatic heterocycles. The molecule has 0 saturated heterocycles. The Labute approximate surface area is 196 Å². The highest BCUT2D eigenvalue weighted by atomic mass is 32.2. The molecule has 0 radical (unpaired) electrons. The monoisotopic (exact) mass is 465 g/mol. The van der Waals surface area contributed by atoms with Crippen molar-refractivity contribution < 1.29 is 14.7 Å². The average molecular weight is 466 g/mol. The van der Waals surface area contributed by atoms with E-state index in [0.29, 0.717) is 10.8 Å². The third-order valence-corrected chi connectivity index (χ3v) is 5.88. The summed E-state index contributed by atoms with van der Waals surface area (Å²) in [6.07, 6.45) is 0. The summed E-state index contributed by atoms with van der Waals surface area (Å²) in [5, 5.41) is 18.3. The molecule has 0 fully saturated rings. The van der Waals surface area contributed by atoms with Gasteiger partial charge in [0.15, 0.2) is 5.11 Å². The Morgan fingerprint density at radius 2 is 1.53 bits per heavy atom. The fourth-order valence-corrected chi connectivity index (χ4v) is 3.92. The van der Waals surface area contributed by atoms with Crippen LogP contribution in [-0.4, -0.2) is 27.3 Å². The van der Waals surface area contributed by atoms with Crippen LogP contribution in [0.3, 0.4) is 0 Å². The largest absolute Gasteiger partial charge is 0.478 e. The van der Waals surface area contributed by atoms with Crippen LogP contribution in [0, 0.1) is 6.92 Å². The normalized spacial score (nSPS) is 11.3. The Morgan fingerprint density at radius 3 is 2.16 bits per heavy atom. The predicted octanol–water partition coefficient (Wildman–Crippen LogP) is 5.62. The van der Waals surface area contributed by atoms with Crippen molar-refractivity contribution in [3.63, 3.8) is 0 Å². The van der Waals surface area contributed by atoms with Gasteiger partial charge in [-0.2, -0.15) is 0 Å². The summed E-state index contributed by atoms with van der Waals surface area (Å²) in [6, 6.07) is 21.9. The molecule has 1 amide bonds. The summed E-state index contributed by atoms with van der Waals surface area (Å²) in [5.74, 6) is -1.23. The highest BCUT2D eigenvalue weighted by Crippen LogP contribution is 2.26. The quantitative estimate of drug-likeness (QED) is 0.266. The molecule has 164 valence electrons. The zero-order valence-corrected chi connectivity index (χ0v) is 19.2. The van der Waals surface area contributed by atoms with Gasteiger partial charge < -0.3 is 21.1 Å². The van der Waals surface area contributed by atoms with Gasteiger partial charge >= 0.3 is 5.97 Å². The Bertz CT molecular complexity index is 1120. The Hall–Kier alpha value is -3.36. The summed E-state index contributed by atoms with van der Waals surface area (Å²) < 4.78 is 0. The number of carboxylic acids is 1. The van der Waals surface area contributed by atoms with E-state index in [2.05, 4.69) is 16.0 Å². The molecular weight excluding hydrogens is 442 g/mol. The van der Waals surface area contributed by atoms with Crippen LogP contribution in [0.1, 0.15) is 22.8 Å². The van der Waals surface area contributed by atoms with Crippen LogP contribution in [0.2, 0.25) is 0 Å². The second-order valence-corrected chi connectivity index (χ2v) is 8.88. The Morgan fingerprint density at radius 1 is 0.906 bits per heavy atom. The first-order valence-corrected chi connectivity index (χ1v) is 11.1. The van der Waals surface area contributed by atoms with E-state index >= 15 is 0 Å². The number of aromatic carboxylic acids is 1. The SMILES string of the molecule is Cc1ccc(C(=O)O)cc1NC(=O)C(C)Sc1ccc(NC(=S)Nc2ccccc2)cc1. The molecule has 1 unspecified atom stereocenters. The molecule has 0 aliphatic heterocycles. The first-order chi connectivity index (χ1) is 15.3. The number of hydrogen-bond donors (Lipinski definition) is 4. The summed E-state index contributed by atoms with van der Waals surface area (Å²) in [6.45, 7) is 3.63. The maximum Gasteiger partial charge on any atom is 0.335 e. The summed E-state index contributed by atoms with van der Waals surface area (Å²) in [7, 11) is 0. The highest BCUT2D eigenvalue weighted by Gasteiger charge is 2.16. The van der Waals surface area contributed by atoms with Gasteiger partial charge in [0, 0.05) is 22.0 Å². The van der Waals surface area contributed by atoms with Crippen molar-refractivity contribution in [2.45, 2.75) is 24.0 Å². The maximum atomic E-state index is 12.6. The summed E-state index contributed by atoms with van der Waals surface area (Å²) in [4.78, 5) is 24.7. The van der Waals surface area contributed by atoms with Crippen LogP contribution in [0.25, 0.3) is 0 Å². The van der Waals surface area contributed by atoms with Crippen LogP contribution in [0.4, 0.5) is 17.1 Å². The van der Waals surface area contributed by atoms with Gasteiger partial charge in [-0.15, -0.1) is 11.8 Å². The van der Waals surface area contributed by atoms with Crippen molar-refractivity contribution in [1.29, 1.82) is 0 Å². The number of carboxylic acid groups (broad SMARTS) is 1. The van der Waals surface area contributed by atoms with Gasteiger partial charge in [-0.3, -0.25) is 4.79 Å². The number of para-hydroxylation sites is 1. The van der Waals surface area contributed by atoms with Crippen LogP contribution in [0.5, 0.6) is 0 Å². The van der Waals surface area contributed by atoms with Gasteiger partial charge in [0.05, 0.1) is 10.8 Å². The average Bonchev–Trinajstić information content (AvgIpc) is 2.77. The minimum absolute atomic E-state index is 0.133. The first-order valence-electron chi connectivity index (χ1n) is 9.86. The van der Waals surface area contributed by atoms with E-state index in [-0.39, 0.29) is 16.7 Å². The molecule has 32 heavy (non-hydrogen) atoms. The minimum atomic E-state index is -1.03. The molecule has 0 aliphatic rings. The molecule has 0 saturated carbocycles. The van der Waals surface area contributed by atoms with Gasteiger partial charge in [-0.05, 0) is 80.2 Å². The van der Waals surface area contributed by atoms with Crippen molar-refractivity contribution in [3.05, 3.63) is 83.9 Å². The lowest BCUT2D eigenvalue weighted by atomic mass is 10.1. The van der Waals surface area contributed by atoms with Crippen LogP contribution in [-0.2, 0) is 4.79 Å². The van der Waals surface area contributed by atoms with E-state index in [4.69, 9.17) is 17.3 Å². The number of thiocarbonyl (C=S) groups is 1. The van der Waals surface area contributed by atoms with E-state index in [1.54, 1.807) is 13.0 Å². The number of amides is 1. The number of rotatable bonds is 7. The molecular formula is C24H23N3O3S2. The molecule has 3 rings (SSSR count). The van der Waals surface area contributed by atoms with Crippen LogP contribution >= 0.6 is 24.0 Å². The molecule has 3 aromatic rings. The van der Waals surface area contributed by atoms with Crippen molar-refractivity contribution in [3.8, 4) is 0 Å². The second-order valence-electron chi connectivity index (χ2n) is 7.05. The lowest BCUT2D eigenvalue weighted by Crippen LogP contribution is -2.23. The number of carbonyl (C=O) groups is 2. The second kappa shape index (κ2) is 10.8. The molecule has 0 aliphatic carbocycles. The number of aryl methyl sites for hydroxylation is 1. The molecule has 1 atom stereocenters. The molecule has 0 bridgehead atoms. The molecule has 0 heterocycles. The lowest BCUT2D eigenvalue weighted by molar-refractivity contribution is -0.115. The van der Waals surface area contributed by atoms with Crippen LogP contribution < -0.4 is 16.0 Å². The molecule has 8 heteroatoms. The van der Waals surface area contributed by atoms with E-state index < -0.39 is 5.97 Å². The van der Waals surface area contributed by atoms with E-state index in [9.17, 15) is 9.59 Å². The van der Waals surface area contributed by atoms with Crippen molar-refractivity contribution >= 4 is 58.0 Å². The first kappa shape index (κ1) is 23.3. The topological polar surface area (TPSA) is 90.5 Å². The van der Waals surface area contributed by atoms with Crippen molar-refractivity contribution in [2.75, 3.05) is 16.0 Å². The van der Waals surface area contributed by atoms with E-state index in [0.717, 1.165) is 21.8 Å². The number of carbonyl (C=O) groups excluding carboxylic acids is 1. The number of thioether (sulfide) groups is 1.